The number of nitrogens with one attached hydrogen (secondary N) is 1. The highest BCUT2D eigenvalue weighted by Crippen LogP contribution is 2.24. The predicted molar refractivity (Wildman–Crippen MR) is 117 cm³/mol. The van der Waals surface area contributed by atoms with Crippen LogP contribution in [-0.2, 0) is 0 Å². The molecule has 1 amide bonds. The van der Waals surface area contributed by atoms with Crippen molar-refractivity contribution in [1.29, 1.82) is 0 Å². The second-order valence-electron chi connectivity index (χ2n) is 6.98. The maximum Gasteiger partial charge on any atom is 0.254 e. The summed E-state index contributed by atoms with van der Waals surface area (Å²) in [5, 5.41) is 3.18. The molecule has 9 heteroatoms. The summed E-state index contributed by atoms with van der Waals surface area (Å²) >= 11 is 0. The lowest BCUT2D eigenvalue weighted by Gasteiger charge is -2.35. The Labute approximate surface area is 180 Å². The van der Waals surface area contributed by atoms with Crippen LogP contribution in [0.5, 0.6) is 11.5 Å². The minimum atomic E-state index is -0.0444. The molecule has 1 N–H and O–H groups in total. The summed E-state index contributed by atoms with van der Waals surface area (Å²) in [4.78, 5) is 29.9. The molecule has 1 saturated heterocycles. The largest absolute Gasteiger partial charge is 0.497 e. The van der Waals surface area contributed by atoms with Crippen LogP contribution in [0.2, 0.25) is 0 Å². The van der Waals surface area contributed by atoms with E-state index in [-0.39, 0.29) is 5.91 Å². The van der Waals surface area contributed by atoms with E-state index in [1.165, 1.54) is 6.33 Å². The summed E-state index contributed by atoms with van der Waals surface area (Å²) in [6.45, 7) is 2.52. The first-order chi connectivity index (χ1) is 15.2. The zero-order valence-electron chi connectivity index (χ0n) is 17.5. The van der Waals surface area contributed by atoms with Crippen LogP contribution in [0.15, 0.2) is 55.0 Å². The van der Waals surface area contributed by atoms with Crippen LogP contribution in [0.4, 0.5) is 17.5 Å². The molecule has 0 bridgehead atoms. The summed E-state index contributed by atoms with van der Waals surface area (Å²) in [5.41, 5.74) is 0.550. The van der Waals surface area contributed by atoms with Crippen molar-refractivity contribution in [2.24, 2.45) is 0 Å². The van der Waals surface area contributed by atoms with Crippen LogP contribution in [0, 0.1) is 0 Å². The Morgan fingerprint density at radius 2 is 1.65 bits per heavy atom. The molecule has 0 aliphatic carbocycles. The zero-order chi connectivity index (χ0) is 21.6. The molecule has 1 aliphatic heterocycles. The molecule has 1 aliphatic rings. The lowest BCUT2D eigenvalue weighted by Crippen LogP contribution is -2.49. The van der Waals surface area contributed by atoms with Gasteiger partial charge in [0.25, 0.3) is 5.91 Å². The Balaban J connectivity index is 1.41. The normalized spacial score (nSPS) is 13.6. The molecule has 0 unspecified atom stereocenters. The fourth-order valence-electron chi connectivity index (χ4n) is 3.41. The van der Waals surface area contributed by atoms with Gasteiger partial charge in [-0.15, -0.1) is 0 Å². The van der Waals surface area contributed by atoms with Crippen LogP contribution >= 0.6 is 0 Å². The van der Waals surface area contributed by atoms with E-state index in [1.807, 2.05) is 29.2 Å². The second-order valence-corrected chi connectivity index (χ2v) is 6.98. The van der Waals surface area contributed by atoms with Crippen molar-refractivity contribution in [2.75, 3.05) is 50.6 Å². The van der Waals surface area contributed by atoms with Crippen molar-refractivity contribution in [3.8, 4) is 11.5 Å². The number of anilines is 3. The Morgan fingerprint density at radius 1 is 0.903 bits per heavy atom. The molecule has 0 radical (unpaired) electrons. The third kappa shape index (κ3) is 4.82. The first kappa shape index (κ1) is 20.4. The van der Waals surface area contributed by atoms with Crippen molar-refractivity contribution >= 4 is 23.4 Å². The Hall–Kier alpha value is -3.88. The third-order valence-electron chi connectivity index (χ3n) is 5.06. The molecule has 0 saturated carbocycles. The van der Waals surface area contributed by atoms with Crippen LogP contribution in [0.1, 0.15) is 10.4 Å². The lowest BCUT2D eigenvalue weighted by molar-refractivity contribution is 0.0745. The number of methoxy groups -OCH3 is 2. The number of carbonyl (C=O) groups excluding carboxylic acids is 1. The van der Waals surface area contributed by atoms with Crippen LogP contribution in [-0.4, -0.2) is 66.2 Å². The number of aromatic nitrogens is 3. The second kappa shape index (κ2) is 9.29. The highest BCUT2D eigenvalue weighted by atomic mass is 16.5. The van der Waals surface area contributed by atoms with E-state index in [2.05, 4.69) is 25.2 Å². The highest BCUT2D eigenvalue weighted by Gasteiger charge is 2.24. The van der Waals surface area contributed by atoms with E-state index < -0.39 is 0 Å². The van der Waals surface area contributed by atoms with E-state index in [0.29, 0.717) is 49.1 Å². The molecule has 1 aromatic carbocycles. The molecule has 3 heterocycles. The fourth-order valence-corrected chi connectivity index (χ4v) is 3.41. The van der Waals surface area contributed by atoms with Crippen LogP contribution in [0.25, 0.3) is 0 Å². The minimum absolute atomic E-state index is 0.0444. The van der Waals surface area contributed by atoms with Crippen LogP contribution < -0.4 is 19.7 Å². The van der Waals surface area contributed by atoms with Crippen molar-refractivity contribution in [3.05, 3.63) is 60.6 Å². The predicted octanol–water partition coefficient (Wildman–Crippen LogP) is 2.59. The maximum absolute atomic E-state index is 13.0. The van der Waals surface area contributed by atoms with Gasteiger partial charge in [0.15, 0.2) is 0 Å². The SMILES string of the molecule is COc1cc(OC)cc(C(=O)N2CCN(c3cc(Nc4ccccn4)ncn3)CC2)c1. The summed E-state index contributed by atoms with van der Waals surface area (Å²) in [5.74, 6) is 3.34. The number of carbonyl (C=O) groups is 1. The molecule has 9 nitrogen and oxygen atoms in total. The molecule has 0 spiro atoms. The van der Waals surface area contributed by atoms with Gasteiger partial charge in [0.05, 0.1) is 14.2 Å². The summed E-state index contributed by atoms with van der Waals surface area (Å²) in [7, 11) is 3.14. The lowest BCUT2D eigenvalue weighted by atomic mass is 10.1. The molecule has 1 fully saturated rings. The topological polar surface area (TPSA) is 92.7 Å². The molecule has 3 aromatic rings. The highest BCUT2D eigenvalue weighted by molar-refractivity contribution is 5.95. The van der Waals surface area contributed by atoms with Gasteiger partial charge in [-0.1, -0.05) is 6.07 Å². The van der Waals surface area contributed by atoms with Crippen molar-refractivity contribution < 1.29 is 14.3 Å². The van der Waals surface area contributed by atoms with Gasteiger partial charge in [-0.05, 0) is 24.3 Å². The van der Waals surface area contributed by atoms with Gasteiger partial charge in [-0.25, -0.2) is 15.0 Å². The van der Waals surface area contributed by atoms with Gasteiger partial charge in [-0.2, -0.15) is 0 Å². The maximum atomic E-state index is 13.0. The van der Waals surface area contributed by atoms with Gasteiger partial charge in [-0.3, -0.25) is 4.79 Å². The van der Waals surface area contributed by atoms with E-state index in [4.69, 9.17) is 9.47 Å². The average Bonchev–Trinajstić information content (AvgIpc) is 2.84. The van der Waals surface area contributed by atoms with Crippen molar-refractivity contribution in [2.45, 2.75) is 0 Å². The number of amides is 1. The Bertz CT molecular complexity index is 1020. The number of nitrogens with zero attached hydrogens (tertiary/aromatic N) is 5. The van der Waals surface area contributed by atoms with Gasteiger partial charge < -0.3 is 24.6 Å². The molecular formula is C22H24N6O3. The monoisotopic (exact) mass is 420 g/mol. The minimum Gasteiger partial charge on any atom is -0.497 e. The van der Waals surface area contributed by atoms with Crippen LogP contribution in [0.3, 0.4) is 0 Å². The molecule has 31 heavy (non-hydrogen) atoms. The fraction of sp³-hybridized carbons (Fsp3) is 0.273. The first-order valence-electron chi connectivity index (χ1n) is 9.93. The smallest absolute Gasteiger partial charge is 0.254 e. The number of hydrogen-bond donors (Lipinski definition) is 1. The summed E-state index contributed by atoms with van der Waals surface area (Å²) in [6, 6.07) is 12.7. The number of piperazine rings is 1. The zero-order valence-corrected chi connectivity index (χ0v) is 17.5. The van der Waals surface area contributed by atoms with E-state index >= 15 is 0 Å². The summed E-state index contributed by atoms with van der Waals surface area (Å²) in [6.07, 6.45) is 3.25. The van der Waals surface area contributed by atoms with E-state index in [0.717, 1.165) is 11.6 Å². The summed E-state index contributed by atoms with van der Waals surface area (Å²) < 4.78 is 10.6. The molecule has 0 atom stereocenters. The number of hydrogen-bond acceptors (Lipinski definition) is 8. The van der Waals surface area contributed by atoms with Crippen molar-refractivity contribution in [3.63, 3.8) is 0 Å². The van der Waals surface area contributed by atoms with E-state index in [1.54, 1.807) is 38.6 Å². The van der Waals surface area contributed by atoms with Crippen molar-refractivity contribution in [1.82, 2.24) is 19.9 Å². The molecule has 160 valence electrons. The molecule has 2 aromatic heterocycles. The first-order valence-corrected chi connectivity index (χ1v) is 9.93. The molecule has 4 rings (SSSR count). The third-order valence-corrected chi connectivity index (χ3v) is 5.06. The number of ether oxygens (including phenoxy) is 2. The quantitative estimate of drug-likeness (QED) is 0.651. The van der Waals surface area contributed by atoms with Gasteiger partial charge in [0, 0.05) is 50.1 Å². The molecular weight excluding hydrogens is 396 g/mol. The Morgan fingerprint density at radius 3 is 2.29 bits per heavy atom. The number of pyridine rings is 1. The average molecular weight is 420 g/mol. The number of rotatable bonds is 6. The van der Waals surface area contributed by atoms with E-state index in [9.17, 15) is 4.79 Å². The standard InChI is InChI=1S/C22H24N6O3/c1-30-17-11-16(12-18(13-17)31-2)22(29)28-9-7-27(8-10-28)21-14-20(24-15-25-21)26-19-5-3-4-6-23-19/h3-6,11-15H,7-10H2,1-2H3,(H,23,24,25,26). The van der Waals surface area contributed by atoms with Gasteiger partial charge in [0.1, 0.15) is 35.3 Å². The Kier molecular flexibility index (Phi) is 6.11. The van der Waals surface area contributed by atoms with Gasteiger partial charge in [0.2, 0.25) is 0 Å². The number of benzene rings is 1. The van der Waals surface area contributed by atoms with Gasteiger partial charge >= 0.3 is 0 Å².